The predicted octanol–water partition coefficient (Wildman–Crippen LogP) is 2.87. The normalized spacial score (nSPS) is 17.7. The lowest BCUT2D eigenvalue weighted by molar-refractivity contribution is -0.112. The van der Waals surface area contributed by atoms with Crippen molar-refractivity contribution in [1.82, 2.24) is 4.90 Å². The molecule has 0 atom stereocenters. The lowest BCUT2D eigenvalue weighted by Gasteiger charge is -2.29. The second kappa shape index (κ2) is 6.34. The van der Waals surface area contributed by atoms with Crippen molar-refractivity contribution in [2.24, 2.45) is 5.92 Å². The molecule has 1 aromatic rings. The molecule has 4 heteroatoms. The van der Waals surface area contributed by atoms with E-state index in [0.717, 1.165) is 49.0 Å². The Labute approximate surface area is 116 Å². The largest absolute Gasteiger partial charge is 0.497 e. The SMILES string of the molecule is COc1ccc(Br)c(CN2CCC(C=O)CC2)c1. The highest BCUT2D eigenvalue weighted by atomic mass is 79.9. The van der Waals surface area contributed by atoms with Gasteiger partial charge in [-0.2, -0.15) is 0 Å². The molecule has 1 aliphatic rings. The first-order valence-electron chi connectivity index (χ1n) is 6.23. The van der Waals surface area contributed by atoms with E-state index in [1.54, 1.807) is 7.11 Å². The number of methoxy groups -OCH3 is 1. The van der Waals surface area contributed by atoms with E-state index in [1.807, 2.05) is 12.1 Å². The molecule has 0 radical (unpaired) electrons. The molecule has 0 aromatic heterocycles. The summed E-state index contributed by atoms with van der Waals surface area (Å²) in [5, 5.41) is 0. The number of hydrogen-bond acceptors (Lipinski definition) is 3. The van der Waals surface area contributed by atoms with Crippen LogP contribution >= 0.6 is 15.9 Å². The van der Waals surface area contributed by atoms with Crippen LogP contribution in [0.1, 0.15) is 18.4 Å². The van der Waals surface area contributed by atoms with E-state index in [0.29, 0.717) is 0 Å². The van der Waals surface area contributed by atoms with Gasteiger partial charge in [0.15, 0.2) is 0 Å². The highest BCUT2D eigenvalue weighted by Gasteiger charge is 2.19. The maximum atomic E-state index is 10.7. The molecule has 1 heterocycles. The summed E-state index contributed by atoms with van der Waals surface area (Å²) in [6.07, 6.45) is 3.05. The van der Waals surface area contributed by atoms with Gasteiger partial charge >= 0.3 is 0 Å². The monoisotopic (exact) mass is 311 g/mol. The Morgan fingerprint density at radius 1 is 1.44 bits per heavy atom. The molecule has 1 aromatic carbocycles. The summed E-state index contributed by atoms with van der Waals surface area (Å²) < 4.78 is 6.36. The predicted molar refractivity (Wildman–Crippen MR) is 74.8 cm³/mol. The van der Waals surface area contributed by atoms with Gasteiger partial charge in [-0.3, -0.25) is 4.90 Å². The van der Waals surface area contributed by atoms with Crippen LogP contribution in [0.5, 0.6) is 5.75 Å². The second-order valence-electron chi connectivity index (χ2n) is 4.71. The van der Waals surface area contributed by atoms with Gasteiger partial charge < -0.3 is 9.53 Å². The van der Waals surface area contributed by atoms with Crippen molar-refractivity contribution >= 4 is 22.2 Å². The van der Waals surface area contributed by atoms with Crippen LogP contribution in [0.4, 0.5) is 0 Å². The van der Waals surface area contributed by atoms with Gasteiger partial charge in [0, 0.05) is 16.9 Å². The van der Waals surface area contributed by atoms with Gasteiger partial charge in [0.2, 0.25) is 0 Å². The third-order valence-electron chi connectivity index (χ3n) is 3.47. The quantitative estimate of drug-likeness (QED) is 0.801. The topological polar surface area (TPSA) is 29.5 Å². The number of carbonyl (C=O) groups excluding carboxylic acids is 1. The molecule has 18 heavy (non-hydrogen) atoms. The number of piperidine rings is 1. The fourth-order valence-electron chi connectivity index (χ4n) is 2.29. The van der Waals surface area contributed by atoms with Gasteiger partial charge in [-0.25, -0.2) is 0 Å². The summed E-state index contributed by atoms with van der Waals surface area (Å²) in [7, 11) is 1.68. The van der Waals surface area contributed by atoms with Crippen molar-refractivity contribution in [3.05, 3.63) is 28.2 Å². The van der Waals surface area contributed by atoms with Gasteiger partial charge in [0.25, 0.3) is 0 Å². The minimum Gasteiger partial charge on any atom is -0.497 e. The summed E-state index contributed by atoms with van der Waals surface area (Å²) in [4.78, 5) is 13.1. The van der Waals surface area contributed by atoms with Crippen LogP contribution in [-0.4, -0.2) is 31.4 Å². The first-order valence-corrected chi connectivity index (χ1v) is 7.02. The van der Waals surface area contributed by atoms with Crippen molar-refractivity contribution in [2.45, 2.75) is 19.4 Å². The molecule has 3 nitrogen and oxygen atoms in total. The Kier molecular flexibility index (Phi) is 4.78. The maximum Gasteiger partial charge on any atom is 0.123 e. The first kappa shape index (κ1) is 13.6. The molecule has 0 saturated carbocycles. The standard InChI is InChI=1S/C14H18BrNO2/c1-18-13-2-3-14(15)12(8-13)9-16-6-4-11(10-17)5-7-16/h2-3,8,10-11H,4-7,9H2,1H3. The number of carbonyl (C=O) groups is 1. The van der Waals surface area contributed by atoms with Crippen molar-refractivity contribution < 1.29 is 9.53 Å². The molecular weight excluding hydrogens is 294 g/mol. The third-order valence-corrected chi connectivity index (χ3v) is 4.25. The van der Waals surface area contributed by atoms with Gasteiger partial charge in [-0.05, 0) is 49.7 Å². The summed E-state index contributed by atoms with van der Waals surface area (Å²) in [6, 6.07) is 6.04. The molecule has 0 bridgehead atoms. The van der Waals surface area contributed by atoms with Crippen molar-refractivity contribution in [3.63, 3.8) is 0 Å². The van der Waals surface area contributed by atoms with E-state index < -0.39 is 0 Å². The van der Waals surface area contributed by atoms with Gasteiger partial charge in [-0.15, -0.1) is 0 Å². The fraction of sp³-hybridized carbons (Fsp3) is 0.500. The molecule has 98 valence electrons. The lowest BCUT2D eigenvalue weighted by Crippen LogP contribution is -2.33. The second-order valence-corrected chi connectivity index (χ2v) is 5.56. The molecular formula is C14H18BrNO2. The van der Waals surface area contributed by atoms with E-state index in [-0.39, 0.29) is 5.92 Å². The molecule has 0 unspecified atom stereocenters. The van der Waals surface area contributed by atoms with Crippen LogP contribution in [0.25, 0.3) is 0 Å². The molecule has 0 amide bonds. The number of benzene rings is 1. The summed E-state index contributed by atoms with van der Waals surface area (Å²) >= 11 is 3.57. The Morgan fingerprint density at radius 3 is 2.78 bits per heavy atom. The Hall–Kier alpha value is -0.870. The molecule has 0 aliphatic carbocycles. The van der Waals surface area contributed by atoms with E-state index in [1.165, 1.54) is 5.56 Å². The summed E-state index contributed by atoms with van der Waals surface area (Å²) in [6.45, 7) is 2.89. The highest BCUT2D eigenvalue weighted by Crippen LogP contribution is 2.25. The van der Waals surface area contributed by atoms with Crippen molar-refractivity contribution in [3.8, 4) is 5.75 Å². The van der Waals surface area contributed by atoms with Crippen molar-refractivity contribution in [1.29, 1.82) is 0 Å². The zero-order chi connectivity index (χ0) is 13.0. The average molecular weight is 312 g/mol. The number of ether oxygens (including phenoxy) is 1. The first-order chi connectivity index (χ1) is 8.72. The van der Waals surface area contributed by atoms with Crippen LogP contribution in [-0.2, 0) is 11.3 Å². The van der Waals surface area contributed by atoms with Crippen LogP contribution in [0.3, 0.4) is 0 Å². The Bertz CT molecular complexity index is 414. The molecule has 1 aliphatic heterocycles. The smallest absolute Gasteiger partial charge is 0.123 e. The minimum atomic E-state index is 0.259. The maximum absolute atomic E-state index is 10.7. The van der Waals surface area contributed by atoms with Crippen LogP contribution in [0, 0.1) is 5.92 Å². The Morgan fingerprint density at radius 2 is 2.17 bits per heavy atom. The number of hydrogen-bond donors (Lipinski definition) is 0. The number of nitrogens with zero attached hydrogens (tertiary/aromatic N) is 1. The van der Waals surface area contributed by atoms with E-state index >= 15 is 0 Å². The molecule has 2 rings (SSSR count). The third kappa shape index (κ3) is 3.33. The highest BCUT2D eigenvalue weighted by molar-refractivity contribution is 9.10. The van der Waals surface area contributed by atoms with Crippen LogP contribution < -0.4 is 4.74 Å². The summed E-state index contributed by atoms with van der Waals surface area (Å²) in [5.41, 5.74) is 1.24. The van der Waals surface area contributed by atoms with Crippen molar-refractivity contribution in [2.75, 3.05) is 20.2 Å². The van der Waals surface area contributed by atoms with E-state index in [2.05, 4.69) is 26.9 Å². The van der Waals surface area contributed by atoms with Crippen LogP contribution in [0.15, 0.2) is 22.7 Å². The lowest BCUT2D eigenvalue weighted by atomic mass is 9.98. The number of aldehydes is 1. The Balaban J connectivity index is 1.99. The molecule has 0 spiro atoms. The average Bonchev–Trinajstić information content (AvgIpc) is 2.42. The number of likely N-dealkylation sites (tertiary alicyclic amines) is 1. The fourth-order valence-corrected chi connectivity index (χ4v) is 2.66. The molecule has 0 N–H and O–H groups in total. The van der Waals surface area contributed by atoms with Gasteiger partial charge in [0.05, 0.1) is 7.11 Å². The molecule has 1 saturated heterocycles. The molecule has 1 fully saturated rings. The number of halogens is 1. The zero-order valence-corrected chi connectivity index (χ0v) is 12.1. The van der Waals surface area contributed by atoms with Gasteiger partial charge in [-0.1, -0.05) is 15.9 Å². The minimum absolute atomic E-state index is 0.259. The van der Waals surface area contributed by atoms with Gasteiger partial charge in [0.1, 0.15) is 12.0 Å². The summed E-state index contributed by atoms with van der Waals surface area (Å²) in [5.74, 6) is 1.14. The zero-order valence-electron chi connectivity index (χ0n) is 10.6. The van der Waals surface area contributed by atoms with Crippen LogP contribution in [0.2, 0.25) is 0 Å². The van der Waals surface area contributed by atoms with E-state index in [9.17, 15) is 4.79 Å². The van der Waals surface area contributed by atoms with E-state index in [4.69, 9.17) is 4.74 Å². The number of rotatable bonds is 4.